The second-order valence-electron chi connectivity index (χ2n) is 8.29. The topological polar surface area (TPSA) is 58.6 Å². The Bertz CT molecular complexity index is 442. The summed E-state index contributed by atoms with van der Waals surface area (Å²) in [7, 11) is 0. The number of alkyl halides is 1. The summed E-state index contributed by atoms with van der Waals surface area (Å²) in [5, 5.41) is 3.80. The van der Waals surface area contributed by atoms with Crippen molar-refractivity contribution in [1.29, 1.82) is 0 Å². The van der Waals surface area contributed by atoms with Crippen LogP contribution in [0.15, 0.2) is 0 Å². The molecule has 1 unspecified atom stereocenters. The Morgan fingerprint density at radius 1 is 1.21 bits per heavy atom. The first-order chi connectivity index (χ1) is 11.3. The first-order valence-electron chi connectivity index (χ1n) is 9.07. The number of amides is 2. The maximum absolute atomic E-state index is 12.0. The first-order valence-corrected chi connectivity index (χ1v) is 10.2. The van der Waals surface area contributed by atoms with Gasteiger partial charge in [-0.05, 0) is 64.2 Å². The van der Waals surface area contributed by atoms with Crippen molar-refractivity contribution in [3.8, 4) is 0 Å². The molecule has 1 saturated heterocycles. The normalized spacial score (nSPS) is 28.1. The van der Waals surface area contributed by atoms with Crippen molar-refractivity contribution in [1.82, 2.24) is 10.2 Å². The molecule has 6 heteroatoms. The van der Waals surface area contributed by atoms with Gasteiger partial charge in [-0.1, -0.05) is 15.9 Å². The second-order valence-corrected chi connectivity index (χ2v) is 8.94. The van der Waals surface area contributed by atoms with E-state index in [-0.39, 0.29) is 6.09 Å². The summed E-state index contributed by atoms with van der Waals surface area (Å²) in [5.74, 6) is 1.93. The van der Waals surface area contributed by atoms with E-state index >= 15 is 0 Å². The Hall–Kier alpha value is -0.780. The SMILES string of the molecule is CC(C)(C)OC(=O)NCC1CCC(CN2CC(CBr)CC2=O)CC1. The number of alkyl carbamates (subject to hydrolysis) is 1. The van der Waals surface area contributed by atoms with E-state index in [1.54, 1.807) is 0 Å². The van der Waals surface area contributed by atoms with Crippen LogP contribution in [0.25, 0.3) is 0 Å². The van der Waals surface area contributed by atoms with E-state index in [1.807, 2.05) is 20.8 Å². The number of hydrogen-bond acceptors (Lipinski definition) is 3. The van der Waals surface area contributed by atoms with Gasteiger partial charge in [-0.2, -0.15) is 0 Å². The molecule has 0 radical (unpaired) electrons. The van der Waals surface area contributed by atoms with Gasteiger partial charge in [-0.15, -0.1) is 0 Å². The Labute approximate surface area is 154 Å². The molecule has 0 aromatic rings. The number of nitrogens with one attached hydrogen (secondary N) is 1. The Balaban J connectivity index is 1.65. The van der Waals surface area contributed by atoms with E-state index in [2.05, 4.69) is 26.1 Å². The average molecular weight is 403 g/mol. The van der Waals surface area contributed by atoms with Gasteiger partial charge < -0.3 is 15.0 Å². The minimum Gasteiger partial charge on any atom is -0.444 e. The molecule has 1 N–H and O–H groups in total. The third kappa shape index (κ3) is 6.26. The molecule has 1 saturated carbocycles. The summed E-state index contributed by atoms with van der Waals surface area (Å²) < 4.78 is 5.27. The van der Waals surface area contributed by atoms with Crippen molar-refractivity contribution < 1.29 is 14.3 Å². The lowest BCUT2D eigenvalue weighted by atomic mass is 9.81. The van der Waals surface area contributed by atoms with Crippen molar-refractivity contribution >= 4 is 27.9 Å². The standard InChI is InChI=1S/C18H31BrN2O3/c1-18(2,3)24-17(23)20-10-13-4-6-14(7-5-13)11-21-12-15(9-19)8-16(21)22/h13-15H,4-12H2,1-3H3,(H,20,23). The van der Waals surface area contributed by atoms with Crippen LogP contribution >= 0.6 is 15.9 Å². The largest absolute Gasteiger partial charge is 0.444 e. The van der Waals surface area contributed by atoms with Gasteiger partial charge >= 0.3 is 6.09 Å². The molecule has 138 valence electrons. The lowest BCUT2D eigenvalue weighted by Gasteiger charge is -2.31. The summed E-state index contributed by atoms with van der Waals surface area (Å²) in [5.41, 5.74) is -0.447. The highest BCUT2D eigenvalue weighted by Gasteiger charge is 2.31. The molecule has 2 aliphatic rings. The summed E-state index contributed by atoms with van der Waals surface area (Å²) in [6, 6.07) is 0. The fraction of sp³-hybridized carbons (Fsp3) is 0.889. The predicted octanol–water partition coefficient (Wildman–Crippen LogP) is 3.56. The number of carbonyl (C=O) groups excluding carboxylic acids is 2. The molecule has 2 rings (SSSR count). The van der Waals surface area contributed by atoms with Crippen molar-refractivity contribution in [3.05, 3.63) is 0 Å². The summed E-state index contributed by atoms with van der Waals surface area (Å²) in [4.78, 5) is 25.8. The number of carbonyl (C=O) groups is 2. The van der Waals surface area contributed by atoms with Crippen LogP contribution in [0.3, 0.4) is 0 Å². The molecule has 5 nitrogen and oxygen atoms in total. The number of ether oxygens (including phenoxy) is 1. The summed E-state index contributed by atoms with van der Waals surface area (Å²) in [6.07, 6.45) is 4.88. The van der Waals surface area contributed by atoms with Crippen molar-refractivity contribution in [2.45, 2.75) is 58.5 Å². The maximum Gasteiger partial charge on any atom is 0.407 e. The predicted molar refractivity (Wildman–Crippen MR) is 98.2 cm³/mol. The molecular weight excluding hydrogens is 372 g/mol. The molecule has 1 aliphatic heterocycles. The molecule has 1 atom stereocenters. The number of rotatable bonds is 5. The van der Waals surface area contributed by atoms with Gasteiger partial charge in [-0.25, -0.2) is 4.79 Å². The third-order valence-corrected chi connectivity index (χ3v) is 5.81. The molecule has 0 bridgehead atoms. The first kappa shape index (κ1) is 19.5. The molecule has 0 aromatic carbocycles. The average Bonchev–Trinajstić information content (AvgIpc) is 2.85. The number of halogens is 1. The number of nitrogens with zero attached hydrogens (tertiary/aromatic N) is 1. The second kappa shape index (κ2) is 8.54. The van der Waals surface area contributed by atoms with Gasteiger partial charge in [0.25, 0.3) is 0 Å². The van der Waals surface area contributed by atoms with Gasteiger partial charge in [0.15, 0.2) is 0 Å². The van der Waals surface area contributed by atoms with Gasteiger partial charge in [0.05, 0.1) is 0 Å². The van der Waals surface area contributed by atoms with Gasteiger partial charge in [0.2, 0.25) is 5.91 Å². The zero-order valence-corrected chi connectivity index (χ0v) is 16.7. The van der Waals surface area contributed by atoms with Crippen molar-refractivity contribution in [3.63, 3.8) is 0 Å². The summed E-state index contributed by atoms with van der Waals surface area (Å²) in [6.45, 7) is 8.13. The highest BCUT2D eigenvalue weighted by molar-refractivity contribution is 9.09. The molecule has 2 amide bonds. The van der Waals surface area contributed by atoms with Crippen LogP contribution in [-0.4, -0.2) is 47.5 Å². The van der Waals surface area contributed by atoms with Crippen LogP contribution in [0, 0.1) is 17.8 Å². The molecular formula is C18H31BrN2O3. The number of hydrogen-bond donors (Lipinski definition) is 1. The van der Waals surface area contributed by atoms with Crippen LogP contribution in [0.1, 0.15) is 52.9 Å². The maximum atomic E-state index is 12.0. The van der Waals surface area contributed by atoms with E-state index in [1.165, 1.54) is 0 Å². The van der Waals surface area contributed by atoms with Gasteiger partial charge in [0, 0.05) is 31.4 Å². The van der Waals surface area contributed by atoms with E-state index in [9.17, 15) is 9.59 Å². The van der Waals surface area contributed by atoms with Crippen LogP contribution in [0.5, 0.6) is 0 Å². The van der Waals surface area contributed by atoms with Crippen molar-refractivity contribution in [2.24, 2.45) is 17.8 Å². The third-order valence-electron chi connectivity index (χ3n) is 4.89. The lowest BCUT2D eigenvalue weighted by molar-refractivity contribution is -0.128. The van der Waals surface area contributed by atoms with Crippen LogP contribution in [0.4, 0.5) is 4.79 Å². The molecule has 0 aromatic heterocycles. The van der Waals surface area contributed by atoms with E-state index < -0.39 is 5.60 Å². The quantitative estimate of drug-likeness (QED) is 0.715. The van der Waals surface area contributed by atoms with Crippen LogP contribution in [0.2, 0.25) is 0 Å². The lowest BCUT2D eigenvalue weighted by Crippen LogP contribution is -2.37. The minimum atomic E-state index is -0.447. The minimum absolute atomic E-state index is 0.313. The zero-order chi connectivity index (χ0) is 17.7. The molecule has 1 heterocycles. The monoisotopic (exact) mass is 402 g/mol. The van der Waals surface area contributed by atoms with Gasteiger partial charge in [0.1, 0.15) is 5.60 Å². The van der Waals surface area contributed by atoms with E-state index in [0.717, 1.165) is 44.1 Å². The van der Waals surface area contributed by atoms with Gasteiger partial charge in [-0.3, -0.25) is 4.79 Å². The van der Waals surface area contributed by atoms with Crippen LogP contribution < -0.4 is 5.32 Å². The fourth-order valence-electron chi connectivity index (χ4n) is 3.61. The molecule has 2 fully saturated rings. The van der Waals surface area contributed by atoms with E-state index in [4.69, 9.17) is 4.74 Å². The highest BCUT2D eigenvalue weighted by Crippen LogP contribution is 2.31. The smallest absolute Gasteiger partial charge is 0.407 e. The number of likely N-dealkylation sites (tertiary alicyclic amines) is 1. The zero-order valence-electron chi connectivity index (χ0n) is 15.1. The van der Waals surface area contributed by atoms with Crippen molar-refractivity contribution in [2.75, 3.05) is 25.0 Å². The molecule has 1 aliphatic carbocycles. The summed E-state index contributed by atoms with van der Waals surface area (Å²) >= 11 is 3.49. The Morgan fingerprint density at radius 3 is 2.38 bits per heavy atom. The Morgan fingerprint density at radius 2 is 1.83 bits per heavy atom. The van der Waals surface area contributed by atoms with E-state index in [0.29, 0.717) is 36.6 Å². The molecule has 24 heavy (non-hydrogen) atoms. The fourth-order valence-corrected chi connectivity index (χ4v) is 4.04. The highest BCUT2D eigenvalue weighted by atomic mass is 79.9. The molecule has 0 spiro atoms. The Kier molecular flexibility index (Phi) is 6.96. The van der Waals surface area contributed by atoms with Crippen LogP contribution in [-0.2, 0) is 9.53 Å².